The second-order valence-corrected chi connectivity index (χ2v) is 6.00. The molecule has 0 saturated carbocycles. The molecule has 0 spiro atoms. The Hall–Kier alpha value is -3.08. The Bertz CT molecular complexity index is 869. The van der Waals surface area contributed by atoms with Crippen LogP contribution < -0.4 is 10.1 Å². The maximum absolute atomic E-state index is 12.8. The summed E-state index contributed by atoms with van der Waals surface area (Å²) in [5.41, 5.74) is 3.21. The van der Waals surface area contributed by atoms with E-state index in [4.69, 9.17) is 4.74 Å². The second-order valence-electron chi connectivity index (χ2n) is 6.00. The van der Waals surface area contributed by atoms with Gasteiger partial charge in [-0.3, -0.25) is 14.5 Å². The zero-order valence-electron chi connectivity index (χ0n) is 15.2. The summed E-state index contributed by atoms with van der Waals surface area (Å²) in [5.74, 6) is 0.150. The topological polar surface area (TPSA) is 58.6 Å². The van der Waals surface area contributed by atoms with Crippen molar-refractivity contribution in [3.63, 3.8) is 0 Å². The van der Waals surface area contributed by atoms with Crippen LogP contribution in [0.4, 0.5) is 5.69 Å². The number of hydrogen-bond acceptors (Lipinski definition) is 4. The molecule has 0 aromatic heterocycles. The highest BCUT2D eigenvalue weighted by atomic mass is 16.5. The van der Waals surface area contributed by atoms with Gasteiger partial charge >= 0.3 is 0 Å². The molecule has 1 aliphatic rings. The molecule has 5 heteroatoms. The Morgan fingerprint density at radius 1 is 0.962 bits per heavy atom. The first-order chi connectivity index (χ1) is 12.6. The van der Waals surface area contributed by atoms with Gasteiger partial charge in [0.2, 0.25) is 0 Å². The van der Waals surface area contributed by atoms with Crippen LogP contribution in [0, 0.1) is 6.92 Å². The van der Waals surface area contributed by atoms with E-state index in [2.05, 4.69) is 5.32 Å². The first-order valence-electron chi connectivity index (χ1n) is 8.73. The number of nitrogens with one attached hydrogen (secondary N) is 1. The average molecular weight is 350 g/mol. The summed E-state index contributed by atoms with van der Waals surface area (Å²) in [7, 11) is 0. The van der Waals surface area contributed by atoms with E-state index >= 15 is 0 Å². The SMILES string of the molecule is CCOc1ccc(C2=C(Nc3ccccc3C)C(=O)N(CC)C2=O)cc1. The molecule has 0 radical (unpaired) electrons. The molecule has 2 amide bonds. The van der Waals surface area contributed by atoms with Crippen LogP contribution in [-0.4, -0.2) is 29.9 Å². The molecule has 0 unspecified atom stereocenters. The normalized spacial score (nSPS) is 14.2. The molecule has 26 heavy (non-hydrogen) atoms. The fraction of sp³-hybridized carbons (Fsp3) is 0.238. The van der Waals surface area contributed by atoms with E-state index in [-0.39, 0.29) is 11.8 Å². The van der Waals surface area contributed by atoms with Crippen LogP contribution in [0.3, 0.4) is 0 Å². The lowest BCUT2D eigenvalue weighted by Crippen LogP contribution is -2.32. The van der Waals surface area contributed by atoms with Gasteiger partial charge in [-0.25, -0.2) is 0 Å². The van der Waals surface area contributed by atoms with E-state index in [1.807, 2.05) is 62.4 Å². The average Bonchev–Trinajstić information content (AvgIpc) is 2.88. The fourth-order valence-corrected chi connectivity index (χ4v) is 2.98. The minimum absolute atomic E-state index is 0.280. The number of anilines is 1. The molecule has 5 nitrogen and oxygen atoms in total. The van der Waals surface area contributed by atoms with E-state index in [1.54, 1.807) is 6.92 Å². The molecule has 2 aromatic carbocycles. The highest BCUT2D eigenvalue weighted by Crippen LogP contribution is 2.31. The molecule has 1 N–H and O–H groups in total. The summed E-state index contributed by atoms with van der Waals surface area (Å²) in [6, 6.07) is 14.9. The lowest BCUT2D eigenvalue weighted by atomic mass is 10.0. The van der Waals surface area contributed by atoms with E-state index in [0.717, 1.165) is 17.0 Å². The predicted molar refractivity (Wildman–Crippen MR) is 102 cm³/mol. The van der Waals surface area contributed by atoms with Crippen molar-refractivity contribution >= 4 is 23.1 Å². The number of carbonyl (C=O) groups excluding carboxylic acids is 2. The van der Waals surface area contributed by atoms with Crippen molar-refractivity contribution in [1.29, 1.82) is 0 Å². The molecule has 0 saturated heterocycles. The van der Waals surface area contributed by atoms with Gasteiger partial charge in [-0.1, -0.05) is 30.3 Å². The Morgan fingerprint density at radius 3 is 2.27 bits per heavy atom. The number of aryl methyl sites for hydroxylation is 1. The third kappa shape index (κ3) is 3.20. The summed E-state index contributed by atoms with van der Waals surface area (Å²) in [4.78, 5) is 26.9. The highest BCUT2D eigenvalue weighted by Gasteiger charge is 2.38. The molecule has 3 rings (SSSR count). The van der Waals surface area contributed by atoms with Crippen molar-refractivity contribution in [2.24, 2.45) is 0 Å². The van der Waals surface area contributed by atoms with Gasteiger partial charge in [0, 0.05) is 12.2 Å². The maximum atomic E-state index is 12.8. The van der Waals surface area contributed by atoms with Crippen LogP contribution >= 0.6 is 0 Å². The van der Waals surface area contributed by atoms with Gasteiger partial charge in [0.1, 0.15) is 11.4 Å². The van der Waals surface area contributed by atoms with Gasteiger partial charge in [0.15, 0.2) is 0 Å². The maximum Gasteiger partial charge on any atom is 0.278 e. The number of carbonyl (C=O) groups is 2. The van der Waals surface area contributed by atoms with Gasteiger partial charge in [-0.05, 0) is 50.1 Å². The number of benzene rings is 2. The summed E-state index contributed by atoms with van der Waals surface area (Å²) in [6.07, 6.45) is 0. The molecule has 1 aliphatic heterocycles. The Morgan fingerprint density at radius 2 is 1.65 bits per heavy atom. The lowest BCUT2D eigenvalue weighted by Gasteiger charge is -2.12. The van der Waals surface area contributed by atoms with Crippen LogP contribution in [0.5, 0.6) is 5.75 Å². The van der Waals surface area contributed by atoms with E-state index in [0.29, 0.717) is 30.0 Å². The first kappa shape index (κ1) is 17.7. The quantitative estimate of drug-likeness (QED) is 0.809. The Balaban J connectivity index is 2.05. The zero-order chi connectivity index (χ0) is 18.7. The molecule has 1 heterocycles. The molecule has 0 fully saturated rings. The first-order valence-corrected chi connectivity index (χ1v) is 8.73. The number of likely N-dealkylation sites (N-methyl/N-ethyl adjacent to an activating group) is 1. The van der Waals surface area contributed by atoms with Crippen molar-refractivity contribution in [3.8, 4) is 5.75 Å². The molecule has 0 bridgehead atoms. The zero-order valence-corrected chi connectivity index (χ0v) is 15.2. The van der Waals surface area contributed by atoms with Crippen LogP contribution in [0.1, 0.15) is 25.0 Å². The van der Waals surface area contributed by atoms with E-state index < -0.39 is 0 Å². The van der Waals surface area contributed by atoms with E-state index in [9.17, 15) is 9.59 Å². The van der Waals surface area contributed by atoms with Crippen molar-refractivity contribution in [2.45, 2.75) is 20.8 Å². The molecular weight excluding hydrogens is 328 g/mol. The molecule has 134 valence electrons. The number of hydrogen-bond donors (Lipinski definition) is 1. The lowest BCUT2D eigenvalue weighted by molar-refractivity contribution is -0.136. The van der Waals surface area contributed by atoms with Crippen molar-refractivity contribution in [1.82, 2.24) is 4.90 Å². The Labute approximate surface area is 153 Å². The van der Waals surface area contributed by atoms with Crippen LogP contribution in [-0.2, 0) is 9.59 Å². The van der Waals surface area contributed by atoms with Crippen molar-refractivity contribution in [3.05, 3.63) is 65.4 Å². The highest BCUT2D eigenvalue weighted by molar-refractivity contribution is 6.36. The number of amides is 2. The predicted octanol–water partition coefficient (Wildman–Crippen LogP) is 3.61. The third-order valence-corrected chi connectivity index (χ3v) is 4.34. The monoisotopic (exact) mass is 350 g/mol. The second kappa shape index (κ2) is 7.44. The van der Waals surface area contributed by atoms with Crippen LogP contribution in [0.2, 0.25) is 0 Å². The number of para-hydroxylation sites is 1. The Kier molecular flexibility index (Phi) is 5.07. The minimum Gasteiger partial charge on any atom is -0.494 e. The molecule has 2 aromatic rings. The summed E-state index contributed by atoms with van der Waals surface area (Å²) < 4.78 is 5.46. The number of rotatable bonds is 6. The molecule has 0 aliphatic carbocycles. The van der Waals surface area contributed by atoms with Gasteiger partial charge in [-0.15, -0.1) is 0 Å². The van der Waals surface area contributed by atoms with Crippen LogP contribution in [0.25, 0.3) is 5.57 Å². The van der Waals surface area contributed by atoms with Gasteiger partial charge in [0.25, 0.3) is 11.8 Å². The number of ether oxygens (including phenoxy) is 1. The standard InChI is InChI=1S/C21H22N2O3/c1-4-23-20(24)18(15-10-12-16(13-11-15)26-5-2)19(21(23)25)22-17-9-7-6-8-14(17)3/h6-13,22H,4-5H2,1-3H3. The van der Waals surface area contributed by atoms with Gasteiger partial charge < -0.3 is 10.1 Å². The van der Waals surface area contributed by atoms with Gasteiger partial charge in [0.05, 0.1) is 12.2 Å². The van der Waals surface area contributed by atoms with E-state index in [1.165, 1.54) is 4.90 Å². The van der Waals surface area contributed by atoms with Crippen molar-refractivity contribution in [2.75, 3.05) is 18.5 Å². The molecule has 0 atom stereocenters. The summed E-state index contributed by atoms with van der Waals surface area (Å²) in [6.45, 7) is 6.57. The molecular formula is C21H22N2O3. The van der Waals surface area contributed by atoms with Gasteiger partial charge in [-0.2, -0.15) is 0 Å². The summed E-state index contributed by atoms with van der Waals surface area (Å²) in [5, 5.41) is 3.18. The fourth-order valence-electron chi connectivity index (χ4n) is 2.98. The van der Waals surface area contributed by atoms with Crippen LogP contribution in [0.15, 0.2) is 54.2 Å². The number of imide groups is 1. The minimum atomic E-state index is -0.301. The largest absolute Gasteiger partial charge is 0.494 e. The third-order valence-electron chi connectivity index (χ3n) is 4.34. The number of nitrogens with zero attached hydrogens (tertiary/aromatic N) is 1. The van der Waals surface area contributed by atoms with Crippen molar-refractivity contribution < 1.29 is 14.3 Å². The summed E-state index contributed by atoms with van der Waals surface area (Å²) >= 11 is 0. The smallest absolute Gasteiger partial charge is 0.278 e.